The summed E-state index contributed by atoms with van der Waals surface area (Å²) in [5, 5.41) is 2.85. The zero-order valence-corrected chi connectivity index (χ0v) is 18.7. The summed E-state index contributed by atoms with van der Waals surface area (Å²) in [7, 11) is -2.06. The van der Waals surface area contributed by atoms with Gasteiger partial charge in [0.05, 0.1) is 18.0 Å². The highest BCUT2D eigenvalue weighted by molar-refractivity contribution is 7.89. The maximum absolute atomic E-state index is 12.9. The molecule has 0 radical (unpaired) electrons. The van der Waals surface area contributed by atoms with Crippen molar-refractivity contribution < 1.29 is 22.7 Å². The number of hydrogen-bond acceptors (Lipinski definition) is 6. The van der Waals surface area contributed by atoms with E-state index in [4.69, 9.17) is 4.74 Å². The van der Waals surface area contributed by atoms with Gasteiger partial charge in [-0.15, -0.1) is 0 Å². The van der Waals surface area contributed by atoms with Crippen LogP contribution in [0.25, 0.3) is 0 Å². The van der Waals surface area contributed by atoms with Gasteiger partial charge in [-0.05, 0) is 62.4 Å². The van der Waals surface area contributed by atoms with E-state index in [1.807, 2.05) is 4.90 Å². The van der Waals surface area contributed by atoms with E-state index in [0.717, 1.165) is 0 Å². The number of nitrogens with zero attached hydrogens (tertiary/aromatic N) is 2. The Labute approximate surface area is 182 Å². The van der Waals surface area contributed by atoms with E-state index in [2.05, 4.69) is 5.32 Å². The number of methoxy groups -OCH3 is 1. The number of sulfonamides is 1. The lowest BCUT2D eigenvalue weighted by atomic mass is 10.1. The van der Waals surface area contributed by atoms with Gasteiger partial charge in [-0.25, -0.2) is 8.42 Å². The third kappa shape index (κ3) is 5.30. The molecule has 0 aliphatic carbocycles. The van der Waals surface area contributed by atoms with E-state index >= 15 is 0 Å². The number of anilines is 1. The first-order chi connectivity index (χ1) is 14.7. The summed E-state index contributed by atoms with van der Waals surface area (Å²) in [5.41, 5.74) is 1.20. The number of nitrogens with one attached hydrogen (secondary N) is 1. The summed E-state index contributed by atoms with van der Waals surface area (Å²) in [6.45, 7) is 4.80. The standard InChI is InChI=1S/C22H27N3O5S/c1-16(22(27)23-19-6-4-18(5-7-19)17(2)26)24-12-14-25(15-13-24)31(28,29)21-10-8-20(30-3)9-11-21/h4-11,16H,12-15H2,1-3H3,(H,23,27)/t16-/m0/s1. The molecule has 0 aromatic heterocycles. The number of ether oxygens (including phenoxy) is 1. The molecular weight excluding hydrogens is 418 g/mol. The van der Waals surface area contributed by atoms with Crippen molar-refractivity contribution >= 4 is 27.4 Å². The zero-order valence-electron chi connectivity index (χ0n) is 17.9. The molecule has 8 nitrogen and oxygen atoms in total. The van der Waals surface area contributed by atoms with E-state index in [-0.39, 0.29) is 16.6 Å². The number of ketones is 1. The van der Waals surface area contributed by atoms with Crippen molar-refractivity contribution in [1.29, 1.82) is 0 Å². The summed E-state index contributed by atoms with van der Waals surface area (Å²) < 4.78 is 32.3. The smallest absolute Gasteiger partial charge is 0.243 e. The van der Waals surface area contributed by atoms with Gasteiger partial charge in [0, 0.05) is 37.4 Å². The first-order valence-electron chi connectivity index (χ1n) is 10.0. The highest BCUT2D eigenvalue weighted by Crippen LogP contribution is 2.21. The number of Topliss-reactive ketones (excluding diaryl/α,β-unsaturated/α-hetero) is 1. The Morgan fingerprint density at radius 3 is 2.06 bits per heavy atom. The van der Waals surface area contributed by atoms with E-state index in [0.29, 0.717) is 43.2 Å². The van der Waals surface area contributed by atoms with Gasteiger partial charge in [0.2, 0.25) is 15.9 Å². The Morgan fingerprint density at radius 1 is 0.968 bits per heavy atom. The van der Waals surface area contributed by atoms with E-state index in [1.54, 1.807) is 43.3 Å². The normalized spacial score (nSPS) is 16.5. The fourth-order valence-corrected chi connectivity index (χ4v) is 4.85. The molecule has 1 saturated heterocycles. The number of amides is 1. The number of hydrogen-bond donors (Lipinski definition) is 1. The van der Waals surface area contributed by atoms with Crippen LogP contribution < -0.4 is 10.1 Å². The Kier molecular flexibility index (Phi) is 7.09. The molecule has 1 atom stereocenters. The Balaban J connectivity index is 1.57. The fraction of sp³-hybridized carbons (Fsp3) is 0.364. The highest BCUT2D eigenvalue weighted by Gasteiger charge is 2.31. The maximum Gasteiger partial charge on any atom is 0.243 e. The Bertz CT molecular complexity index is 1030. The second-order valence-electron chi connectivity index (χ2n) is 7.41. The summed E-state index contributed by atoms with van der Waals surface area (Å²) in [5.74, 6) is 0.385. The molecule has 1 heterocycles. The van der Waals surface area contributed by atoms with Gasteiger partial charge in [0.15, 0.2) is 5.78 Å². The van der Waals surface area contributed by atoms with E-state index in [9.17, 15) is 18.0 Å². The van der Waals surface area contributed by atoms with Crippen molar-refractivity contribution in [2.24, 2.45) is 0 Å². The van der Waals surface area contributed by atoms with Gasteiger partial charge in [0.1, 0.15) is 5.75 Å². The van der Waals surface area contributed by atoms with Crippen LogP contribution in [-0.2, 0) is 14.8 Å². The topological polar surface area (TPSA) is 96.0 Å². The molecular formula is C22H27N3O5S. The van der Waals surface area contributed by atoms with Crippen molar-refractivity contribution in [3.8, 4) is 5.75 Å². The second-order valence-corrected chi connectivity index (χ2v) is 9.35. The minimum Gasteiger partial charge on any atom is -0.497 e. The molecule has 1 fully saturated rings. The molecule has 0 unspecified atom stereocenters. The summed E-state index contributed by atoms with van der Waals surface area (Å²) in [4.78, 5) is 26.2. The average Bonchev–Trinajstić information content (AvgIpc) is 2.79. The van der Waals surface area contributed by atoms with Crippen LogP contribution in [-0.4, -0.2) is 68.6 Å². The van der Waals surface area contributed by atoms with Crippen LogP contribution in [0, 0.1) is 0 Å². The molecule has 1 amide bonds. The van der Waals surface area contributed by atoms with Crippen LogP contribution in [0.1, 0.15) is 24.2 Å². The SMILES string of the molecule is COc1ccc(S(=O)(=O)N2CCN([C@@H](C)C(=O)Nc3ccc(C(C)=O)cc3)CC2)cc1. The Morgan fingerprint density at radius 2 is 1.55 bits per heavy atom. The first kappa shape index (κ1) is 22.9. The minimum atomic E-state index is -3.59. The molecule has 9 heteroatoms. The van der Waals surface area contributed by atoms with E-state index < -0.39 is 16.1 Å². The summed E-state index contributed by atoms with van der Waals surface area (Å²) in [6.07, 6.45) is 0. The number of piperazine rings is 1. The summed E-state index contributed by atoms with van der Waals surface area (Å²) >= 11 is 0. The van der Waals surface area contributed by atoms with Crippen LogP contribution in [0.5, 0.6) is 5.75 Å². The molecule has 0 spiro atoms. The van der Waals surface area contributed by atoms with Crippen molar-refractivity contribution in [3.05, 3.63) is 54.1 Å². The van der Waals surface area contributed by atoms with Crippen LogP contribution >= 0.6 is 0 Å². The van der Waals surface area contributed by atoms with Crippen molar-refractivity contribution in [3.63, 3.8) is 0 Å². The van der Waals surface area contributed by atoms with Gasteiger partial charge >= 0.3 is 0 Å². The van der Waals surface area contributed by atoms with Gasteiger partial charge in [-0.2, -0.15) is 4.31 Å². The molecule has 31 heavy (non-hydrogen) atoms. The van der Waals surface area contributed by atoms with Crippen LogP contribution in [0.2, 0.25) is 0 Å². The molecule has 166 valence electrons. The molecule has 2 aromatic rings. The lowest BCUT2D eigenvalue weighted by Crippen LogP contribution is -2.53. The van der Waals surface area contributed by atoms with Gasteiger partial charge in [-0.1, -0.05) is 0 Å². The van der Waals surface area contributed by atoms with Gasteiger partial charge < -0.3 is 10.1 Å². The molecule has 3 rings (SSSR count). The minimum absolute atomic E-state index is 0.0336. The molecule has 1 aliphatic heterocycles. The molecule has 2 aromatic carbocycles. The summed E-state index contributed by atoms with van der Waals surface area (Å²) in [6, 6.07) is 12.6. The second kappa shape index (κ2) is 9.59. The largest absolute Gasteiger partial charge is 0.497 e. The maximum atomic E-state index is 12.9. The van der Waals surface area contributed by atoms with Crippen molar-refractivity contribution in [2.75, 3.05) is 38.6 Å². The third-order valence-electron chi connectivity index (χ3n) is 5.46. The number of carbonyl (C=O) groups excluding carboxylic acids is 2. The Hall–Kier alpha value is -2.75. The number of benzene rings is 2. The lowest BCUT2D eigenvalue weighted by Gasteiger charge is -2.36. The predicted octanol–water partition coefficient (Wildman–Crippen LogP) is 2.23. The first-order valence-corrected chi connectivity index (χ1v) is 11.5. The van der Waals surface area contributed by atoms with Crippen LogP contribution in [0.4, 0.5) is 5.69 Å². The van der Waals surface area contributed by atoms with Crippen molar-refractivity contribution in [2.45, 2.75) is 24.8 Å². The predicted molar refractivity (Wildman–Crippen MR) is 118 cm³/mol. The monoisotopic (exact) mass is 445 g/mol. The van der Waals surface area contributed by atoms with Crippen molar-refractivity contribution in [1.82, 2.24) is 9.21 Å². The van der Waals surface area contributed by atoms with E-state index in [1.165, 1.54) is 30.5 Å². The molecule has 0 saturated carbocycles. The number of rotatable bonds is 7. The van der Waals surface area contributed by atoms with Crippen LogP contribution in [0.15, 0.2) is 53.4 Å². The zero-order chi connectivity index (χ0) is 22.6. The highest BCUT2D eigenvalue weighted by atomic mass is 32.2. The fourth-order valence-electron chi connectivity index (χ4n) is 3.43. The molecule has 1 aliphatic rings. The number of carbonyl (C=O) groups is 2. The quantitative estimate of drug-likeness (QED) is 0.657. The van der Waals surface area contributed by atoms with Crippen LogP contribution in [0.3, 0.4) is 0 Å². The van der Waals surface area contributed by atoms with Gasteiger partial charge in [-0.3, -0.25) is 14.5 Å². The average molecular weight is 446 g/mol. The molecule has 1 N–H and O–H groups in total. The third-order valence-corrected chi connectivity index (χ3v) is 7.37. The van der Waals surface area contributed by atoms with Gasteiger partial charge in [0.25, 0.3) is 0 Å². The molecule has 0 bridgehead atoms. The lowest BCUT2D eigenvalue weighted by molar-refractivity contribution is -0.121.